The van der Waals surface area contributed by atoms with Crippen molar-refractivity contribution in [3.8, 4) is 11.4 Å². The molecular weight excluding hydrogens is 262 g/mol. The lowest BCUT2D eigenvalue weighted by Gasteiger charge is -2.16. The van der Waals surface area contributed by atoms with Crippen LogP contribution in [-0.2, 0) is 0 Å². The molecule has 0 amide bonds. The highest BCUT2D eigenvalue weighted by molar-refractivity contribution is 6.00. The lowest BCUT2D eigenvalue weighted by Crippen LogP contribution is -2.18. The van der Waals surface area contributed by atoms with Crippen LogP contribution in [0.2, 0.25) is 0 Å². The van der Waals surface area contributed by atoms with E-state index in [-0.39, 0.29) is 5.78 Å². The van der Waals surface area contributed by atoms with Gasteiger partial charge in [0.05, 0.1) is 11.4 Å². The largest absolute Gasteiger partial charge is 0.475 e. The van der Waals surface area contributed by atoms with E-state index in [4.69, 9.17) is 4.74 Å². The van der Waals surface area contributed by atoms with Gasteiger partial charge >= 0.3 is 0 Å². The van der Waals surface area contributed by atoms with Crippen molar-refractivity contribution in [2.75, 3.05) is 0 Å². The summed E-state index contributed by atoms with van der Waals surface area (Å²) in [5, 5.41) is 0. The number of Topliss-reactive ketones (excluding diaryl/α,β-unsaturated/α-hetero) is 1. The molecule has 2 heterocycles. The molecule has 3 heteroatoms. The molecule has 1 unspecified atom stereocenters. The molecule has 0 spiro atoms. The zero-order chi connectivity index (χ0) is 14.2. The van der Waals surface area contributed by atoms with Crippen molar-refractivity contribution in [1.29, 1.82) is 0 Å². The summed E-state index contributed by atoms with van der Waals surface area (Å²) in [6, 6.07) is 21.0. The Balaban J connectivity index is 1.93. The van der Waals surface area contributed by atoms with Crippen LogP contribution in [0.25, 0.3) is 5.69 Å². The summed E-state index contributed by atoms with van der Waals surface area (Å²) in [6.45, 7) is 0. The number of ketones is 1. The number of carbonyl (C=O) groups excluding carboxylic acids is 1. The molecule has 21 heavy (non-hydrogen) atoms. The molecule has 4 rings (SSSR count). The number of carbonyl (C=O) groups is 1. The normalized spacial score (nSPS) is 16.6. The molecule has 102 valence electrons. The van der Waals surface area contributed by atoms with Gasteiger partial charge in [-0.25, -0.2) is 0 Å². The van der Waals surface area contributed by atoms with Gasteiger partial charge in [-0.15, -0.1) is 0 Å². The second kappa shape index (κ2) is 4.63. The lowest BCUT2D eigenvalue weighted by atomic mass is 10.0. The number of hydrogen-bond donors (Lipinski definition) is 0. The van der Waals surface area contributed by atoms with Gasteiger partial charge in [0.2, 0.25) is 5.78 Å². The predicted octanol–water partition coefficient (Wildman–Crippen LogP) is 3.79. The lowest BCUT2D eigenvalue weighted by molar-refractivity contribution is 0.0796. The quantitative estimate of drug-likeness (QED) is 0.676. The average Bonchev–Trinajstić information content (AvgIpc) is 2.98. The summed E-state index contributed by atoms with van der Waals surface area (Å²) < 4.78 is 7.92. The molecule has 3 nitrogen and oxygen atoms in total. The van der Waals surface area contributed by atoms with E-state index in [2.05, 4.69) is 0 Å². The Bertz CT molecular complexity index is 805. The first-order chi connectivity index (χ1) is 10.3. The van der Waals surface area contributed by atoms with E-state index in [0.717, 1.165) is 17.0 Å². The number of para-hydroxylation sites is 2. The molecule has 0 bridgehead atoms. The number of ether oxygens (including phenoxy) is 1. The van der Waals surface area contributed by atoms with Crippen LogP contribution >= 0.6 is 0 Å². The molecule has 1 aromatic heterocycles. The third kappa shape index (κ3) is 1.86. The molecule has 0 N–H and O–H groups in total. The Kier molecular flexibility index (Phi) is 2.64. The van der Waals surface area contributed by atoms with Crippen LogP contribution in [0.3, 0.4) is 0 Å². The van der Waals surface area contributed by atoms with Gasteiger partial charge in [0.25, 0.3) is 0 Å². The first-order valence-electron chi connectivity index (χ1n) is 6.87. The van der Waals surface area contributed by atoms with Gasteiger partial charge in [0.15, 0.2) is 6.10 Å². The first kappa shape index (κ1) is 12.0. The first-order valence-corrected chi connectivity index (χ1v) is 6.87. The molecule has 0 saturated carbocycles. The second-order valence-electron chi connectivity index (χ2n) is 5.00. The molecule has 0 saturated heterocycles. The minimum atomic E-state index is -0.608. The third-order valence-corrected chi connectivity index (χ3v) is 3.71. The number of aromatic nitrogens is 1. The summed E-state index contributed by atoms with van der Waals surface area (Å²) in [5.41, 5.74) is 2.41. The number of nitrogens with zero attached hydrogens (tertiary/aromatic N) is 1. The Labute approximate surface area is 122 Å². The van der Waals surface area contributed by atoms with Gasteiger partial charge in [-0.3, -0.25) is 4.79 Å². The average molecular weight is 275 g/mol. The van der Waals surface area contributed by atoms with E-state index < -0.39 is 6.10 Å². The van der Waals surface area contributed by atoms with Crippen LogP contribution in [0.4, 0.5) is 0 Å². The van der Waals surface area contributed by atoms with Crippen molar-refractivity contribution < 1.29 is 9.53 Å². The Morgan fingerprint density at radius 2 is 1.62 bits per heavy atom. The highest BCUT2D eigenvalue weighted by atomic mass is 16.5. The maximum Gasteiger partial charge on any atom is 0.224 e. The van der Waals surface area contributed by atoms with E-state index in [1.165, 1.54) is 0 Å². The summed E-state index contributed by atoms with van der Waals surface area (Å²) in [4.78, 5) is 12.8. The smallest absolute Gasteiger partial charge is 0.224 e. The van der Waals surface area contributed by atoms with Crippen molar-refractivity contribution in [2.45, 2.75) is 6.10 Å². The molecule has 1 atom stereocenters. The van der Waals surface area contributed by atoms with Crippen molar-refractivity contribution in [3.63, 3.8) is 0 Å². The molecule has 0 radical (unpaired) electrons. The van der Waals surface area contributed by atoms with Crippen LogP contribution < -0.4 is 4.74 Å². The fraction of sp³-hybridized carbons (Fsp3) is 0.0556. The van der Waals surface area contributed by atoms with Crippen LogP contribution in [0.15, 0.2) is 72.9 Å². The van der Waals surface area contributed by atoms with Crippen LogP contribution in [0.1, 0.15) is 22.2 Å². The van der Waals surface area contributed by atoms with Gasteiger partial charge in [-0.05, 0) is 24.3 Å². The third-order valence-electron chi connectivity index (χ3n) is 3.71. The summed E-state index contributed by atoms with van der Waals surface area (Å²) >= 11 is 0. The van der Waals surface area contributed by atoms with Gasteiger partial charge in [-0.1, -0.05) is 42.5 Å². The van der Waals surface area contributed by atoms with Gasteiger partial charge in [0, 0.05) is 11.8 Å². The van der Waals surface area contributed by atoms with E-state index in [0.29, 0.717) is 5.69 Å². The van der Waals surface area contributed by atoms with Crippen LogP contribution in [0, 0.1) is 0 Å². The van der Waals surface area contributed by atoms with Gasteiger partial charge in [-0.2, -0.15) is 0 Å². The van der Waals surface area contributed by atoms with Gasteiger partial charge < -0.3 is 9.30 Å². The minimum Gasteiger partial charge on any atom is -0.475 e. The van der Waals surface area contributed by atoms with Crippen LogP contribution in [0.5, 0.6) is 5.75 Å². The monoisotopic (exact) mass is 275 g/mol. The summed E-state index contributed by atoms with van der Waals surface area (Å²) in [6.07, 6.45) is 1.28. The number of benzene rings is 2. The molecular formula is C18H13NO2. The van der Waals surface area contributed by atoms with Crippen molar-refractivity contribution in [3.05, 3.63) is 84.2 Å². The highest BCUT2D eigenvalue weighted by Crippen LogP contribution is 2.34. The number of hydrogen-bond acceptors (Lipinski definition) is 2. The SMILES string of the molecule is O=C1c2cccn2-c2ccccc2OC1c1ccccc1. The predicted molar refractivity (Wildman–Crippen MR) is 79.9 cm³/mol. The maximum absolute atomic E-state index is 12.8. The summed E-state index contributed by atoms with van der Waals surface area (Å²) in [5.74, 6) is 0.692. The Hall–Kier alpha value is -2.81. The fourth-order valence-electron chi connectivity index (χ4n) is 2.71. The topological polar surface area (TPSA) is 31.2 Å². The number of fused-ring (bicyclic) bond motifs is 3. The Morgan fingerprint density at radius 1 is 0.857 bits per heavy atom. The van der Waals surface area contributed by atoms with Crippen molar-refractivity contribution in [2.24, 2.45) is 0 Å². The molecule has 0 aliphatic carbocycles. The number of rotatable bonds is 1. The van der Waals surface area contributed by atoms with E-state index in [1.54, 1.807) is 0 Å². The zero-order valence-electron chi connectivity index (χ0n) is 11.3. The molecule has 3 aromatic rings. The van der Waals surface area contributed by atoms with E-state index in [9.17, 15) is 4.79 Å². The van der Waals surface area contributed by atoms with Crippen LogP contribution in [-0.4, -0.2) is 10.4 Å². The Morgan fingerprint density at radius 3 is 2.48 bits per heavy atom. The molecule has 1 aliphatic heterocycles. The fourth-order valence-corrected chi connectivity index (χ4v) is 2.71. The highest BCUT2D eigenvalue weighted by Gasteiger charge is 2.30. The standard InChI is InChI=1S/C18H13NO2/c20-17-15-10-6-12-19(15)14-9-4-5-11-16(14)21-18(17)13-7-2-1-3-8-13/h1-12,18H. The van der Waals surface area contributed by atoms with E-state index in [1.807, 2.05) is 77.5 Å². The van der Waals surface area contributed by atoms with Crippen molar-refractivity contribution >= 4 is 5.78 Å². The molecule has 2 aromatic carbocycles. The van der Waals surface area contributed by atoms with Crippen molar-refractivity contribution in [1.82, 2.24) is 4.57 Å². The second-order valence-corrected chi connectivity index (χ2v) is 5.00. The maximum atomic E-state index is 12.8. The minimum absolute atomic E-state index is 0.0256. The van der Waals surface area contributed by atoms with E-state index >= 15 is 0 Å². The zero-order valence-corrected chi connectivity index (χ0v) is 11.3. The molecule has 0 fully saturated rings. The van der Waals surface area contributed by atoms with Gasteiger partial charge in [0.1, 0.15) is 5.75 Å². The molecule has 1 aliphatic rings. The summed E-state index contributed by atoms with van der Waals surface area (Å²) in [7, 11) is 0.